The molecule has 1 aliphatic heterocycles. The maximum Gasteiger partial charge on any atom is 0.255 e. The van der Waals surface area contributed by atoms with E-state index in [4.69, 9.17) is 4.52 Å². The number of rotatable bonds is 5. The molecule has 8 heteroatoms. The third kappa shape index (κ3) is 5.17. The number of piperidine rings is 1. The Balaban J connectivity index is 1.19. The van der Waals surface area contributed by atoms with Crippen molar-refractivity contribution < 1.29 is 18.5 Å². The first-order valence-electron chi connectivity index (χ1n) is 11.8. The Bertz CT molecular complexity index is 1370. The second kappa shape index (κ2) is 10.1. The molecule has 0 saturated carbocycles. The third-order valence-electron chi connectivity index (χ3n) is 6.35. The number of nitrogens with one attached hydrogen (secondary N) is 1. The number of aromatic nitrogens is 2. The molecule has 1 N–H and O–H groups in total. The van der Waals surface area contributed by atoms with E-state index >= 15 is 0 Å². The molecule has 1 fully saturated rings. The van der Waals surface area contributed by atoms with E-state index in [1.165, 1.54) is 24.3 Å². The number of halogens is 1. The van der Waals surface area contributed by atoms with Gasteiger partial charge in [-0.1, -0.05) is 29.4 Å². The van der Waals surface area contributed by atoms with Crippen LogP contribution in [0.1, 0.15) is 50.9 Å². The Kier molecular flexibility index (Phi) is 6.58. The predicted octanol–water partition coefficient (Wildman–Crippen LogP) is 5.46. The fourth-order valence-corrected chi connectivity index (χ4v) is 4.32. The monoisotopic (exact) mass is 484 g/mol. The van der Waals surface area contributed by atoms with Gasteiger partial charge in [-0.05, 0) is 73.9 Å². The summed E-state index contributed by atoms with van der Waals surface area (Å²) in [6, 6.07) is 20.3. The molecule has 1 aliphatic rings. The SMILES string of the molecule is Cc1cccc(NC(=O)c2ccc(-c3noc(C4CCN(C(=O)c5ccc(F)cc5)CC4)n3)cc2)c1. The minimum absolute atomic E-state index is 0.0582. The van der Waals surface area contributed by atoms with Crippen molar-refractivity contribution >= 4 is 17.5 Å². The predicted molar refractivity (Wildman–Crippen MR) is 133 cm³/mol. The molecule has 4 aromatic rings. The third-order valence-corrected chi connectivity index (χ3v) is 6.35. The van der Waals surface area contributed by atoms with Gasteiger partial charge in [-0.2, -0.15) is 4.98 Å². The minimum Gasteiger partial charge on any atom is -0.339 e. The van der Waals surface area contributed by atoms with Crippen molar-refractivity contribution in [2.24, 2.45) is 0 Å². The molecular weight excluding hydrogens is 459 g/mol. The number of hydrogen-bond acceptors (Lipinski definition) is 5. The number of carbonyl (C=O) groups is 2. The van der Waals surface area contributed by atoms with E-state index in [1.54, 1.807) is 29.2 Å². The van der Waals surface area contributed by atoms with Crippen LogP contribution in [0.25, 0.3) is 11.4 Å². The molecule has 0 bridgehead atoms. The largest absolute Gasteiger partial charge is 0.339 e. The maximum atomic E-state index is 13.1. The minimum atomic E-state index is -0.363. The van der Waals surface area contributed by atoms with Crippen molar-refractivity contribution in [3.8, 4) is 11.4 Å². The molecule has 182 valence electrons. The molecule has 1 saturated heterocycles. The molecule has 2 amide bonds. The zero-order valence-corrected chi connectivity index (χ0v) is 19.8. The standard InChI is InChI=1S/C28H25FN4O3/c1-18-3-2-4-24(17-18)30-26(34)20-7-5-19(6-8-20)25-31-27(36-32-25)21-13-15-33(16-14-21)28(35)22-9-11-23(29)12-10-22/h2-12,17,21H,13-16H2,1H3,(H,30,34). The number of nitrogens with zero attached hydrogens (tertiary/aromatic N) is 3. The highest BCUT2D eigenvalue weighted by Crippen LogP contribution is 2.29. The molecule has 7 nitrogen and oxygen atoms in total. The lowest BCUT2D eigenvalue weighted by Crippen LogP contribution is -2.38. The summed E-state index contributed by atoms with van der Waals surface area (Å²) < 4.78 is 18.7. The molecule has 0 aliphatic carbocycles. The van der Waals surface area contributed by atoms with Crippen LogP contribution >= 0.6 is 0 Å². The number of likely N-dealkylation sites (tertiary alicyclic amines) is 1. The van der Waals surface area contributed by atoms with E-state index in [1.807, 2.05) is 31.2 Å². The average Bonchev–Trinajstić information content (AvgIpc) is 3.39. The van der Waals surface area contributed by atoms with Crippen LogP contribution in [0.5, 0.6) is 0 Å². The van der Waals surface area contributed by atoms with Gasteiger partial charge in [-0.25, -0.2) is 4.39 Å². The highest BCUT2D eigenvalue weighted by atomic mass is 19.1. The molecule has 5 rings (SSSR count). The number of anilines is 1. The second-order valence-electron chi connectivity index (χ2n) is 8.93. The van der Waals surface area contributed by atoms with Gasteiger partial charge in [0.1, 0.15) is 5.82 Å². The first kappa shape index (κ1) is 23.4. The first-order chi connectivity index (χ1) is 17.5. The fourth-order valence-electron chi connectivity index (χ4n) is 4.32. The van der Waals surface area contributed by atoms with Gasteiger partial charge in [-0.3, -0.25) is 9.59 Å². The zero-order valence-electron chi connectivity index (χ0n) is 19.8. The van der Waals surface area contributed by atoms with Crippen LogP contribution in [0.2, 0.25) is 0 Å². The van der Waals surface area contributed by atoms with E-state index in [0.29, 0.717) is 48.8 Å². The number of aryl methyl sites for hydroxylation is 1. The zero-order chi connectivity index (χ0) is 25.1. The van der Waals surface area contributed by atoms with E-state index in [9.17, 15) is 14.0 Å². The van der Waals surface area contributed by atoms with Crippen molar-refractivity contribution in [1.82, 2.24) is 15.0 Å². The average molecular weight is 485 g/mol. The quantitative estimate of drug-likeness (QED) is 0.407. The summed E-state index contributed by atoms with van der Waals surface area (Å²) in [4.78, 5) is 31.6. The summed E-state index contributed by atoms with van der Waals surface area (Å²) >= 11 is 0. The molecule has 36 heavy (non-hydrogen) atoms. The second-order valence-corrected chi connectivity index (χ2v) is 8.93. The van der Waals surface area contributed by atoms with Crippen molar-refractivity contribution in [2.45, 2.75) is 25.7 Å². The first-order valence-corrected chi connectivity index (χ1v) is 11.8. The van der Waals surface area contributed by atoms with Gasteiger partial charge in [0.15, 0.2) is 0 Å². The summed E-state index contributed by atoms with van der Waals surface area (Å²) in [7, 11) is 0. The number of hydrogen-bond donors (Lipinski definition) is 1. The smallest absolute Gasteiger partial charge is 0.255 e. The van der Waals surface area contributed by atoms with Gasteiger partial charge in [0.25, 0.3) is 11.8 Å². The number of carbonyl (C=O) groups excluding carboxylic acids is 2. The van der Waals surface area contributed by atoms with Gasteiger partial charge >= 0.3 is 0 Å². The van der Waals surface area contributed by atoms with Crippen LogP contribution in [0.3, 0.4) is 0 Å². The molecule has 0 atom stereocenters. The fraction of sp³-hybridized carbons (Fsp3) is 0.214. The lowest BCUT2D eigenvalue weighted by molar-refractivity contribution is 0.0704. The molecule has 1 aromatic heterocycles. The summed E-state index contributed by atoms with van der Waals surface area (Å²) in [5.41, 5.74) is 3.58. The Morgan fingerprint density at radius 2 is 1.67 bits per heavy atom. The summed E-state index contributed by atoms with van der Waals surface area (Å²) in [6.07, 6.45) is 1.40. The van der Waals surface area contributed by atoms with E-state index in [2.05, 4.69) is 15.5 Å². The van der Waals surface area contributed by atoms with Crippen LogP contribution in [-0.4, -0.2) is 39.9 Å². The molecule has 0 spiro atoms. The van der Waals surface area contributed by atoms with Crippen LogP contribution in [0, 0.1) is 12.7 Å². The summed E-state index contributed by atoms with van der Waals surface area (Å²) in [5, 5.41) is 7.02. The van der Waals surface area contributed by atoms with E-state index < -0.39 is 0 Å². The van der Waals surface area contributed by atoms with Crippen molar-refractivity contribution in [2.75, 3.05) is 18.4 Å². The molecule has 3 aromatic carbocycles. The van der Waals surface area contributed by atoms with Gasteiger partial charge in [0, 0.05) is 41.4 Å². The van der Waals surface area contributed by atoms with Crippen molar-refractivity contribution in [3.05, 3.63) is 101 Å². The normalized spacial score (nSPS) is 14.0. The number of amides is 2. The lowest BCUT2D eigenvalue weighted by atomic mass is 9.96. The summed E-state index contributed by atoms with van der Waals surface area (Å²) in [6.45, 7) is 3.09. The van der Waals surface area contributed by atoms with E-state index in [0.717, 1.165) is 16.8 Å². The highest BCUT2D eigenvalue weighted by molar-refractivity contribution is 6.04. The van der Waals surface area contributed by atoms with E-state index in [-0.39, 0.29) is 23.5 Å². The lowest BCUT2D eigenvalue weighted by Gasteiger charge is -2.30. The van der Waals surface area contributed by atoms with Crippen molar-refractivity contribution in [3.63, 3.8) is 0 Å². The van der Waals surface area contributed by atoms with Crippen LogP contribution in [0.4, 0.5) is 10.1 Å². The molecule has 0 unspecified atom stereocenters. The van der Waals surface area contributed by atoms with Gasteiger partial charge in [0.2, 0.25) is 11.7 Å². The van der Waals surface area contributed by atoms with Gasteiger partial charge < -0.3 is 14.7 Å². The number of benzene rings is 3. The molecular formula is C28H25FN4O3. The Labute approximate surface area is 207 Å². The highest BCUT2D eigenvalue weighted by Gasteiger charge is 2.28. The van der Waals surface area contributed by atoms with Crippen LogP contribution < -0.4 is 5.32 Å². The summed E-state index contributed by atoms with van der Waals surface area (Å²) in [5.74, 6) is 0.398. The maximum absolute atomic E-state index is 13.1. The van der Waals surface area contributed by atoms with Gasteiger partial charge in [-0.15, -0.1) is 0 Å². The van der Waals surface area contributed by atoms with Crippen LogP contribution in [-0.2, 0) is 0 Å². The van der Waals surface area contributed by atoms with Crippen LogP contribution in [0.15, 0.2) is 77.3 Å². The molecule has 2 heterocycles. The van der Waals surface area contributed by atoms with Crippen molar-refractivity contribution in [1.29, 1.82) is 0 Å². The van der Waals surface area contributed by atoms with Gasteiger partial charge in [0.05, 0.1) is 0 Å². The Hall–Kier alpha value is -4.33. The molecule has 0 radical (unpaired) electrons. The Morgan fingerprint density at radius 3 is 2.36 bits per heavy atom. The Morgan fingerprint density at radius 1 is 0.972 bits per heavy atom. The topological polar surface area (TPSA) is 88.3 Å².